The van der Waals surface area contributed by atoms with Crippen LogP contribution in [0.3, 0.4) is 0 Å². The molecule has 100 valence electrons. The van der Waals surface area contributed by atoms with Gasteiger partial charge >= 0.3 is 0 Å². The van der Waals surface area contributed by atoms with Crippen molar-refractivity contribution in [2.45, 2.75) is 6.42 Å². The van der Waals surface area contributed by atoms with Crippen LogP contribution in [0.25, 0.3) is 0 Å². The number of amidine groups is 1. The third kappa shape index (κ3) is 3.13. The van der Waals surface area contributed by atoms with E-state index in [9.17, 15) is 0 Å². The lowest BCUT2D eigenvalue weighted by Gasteiger charge is -2.19. The summed E-state index contributed by atoms with van der Waals surface area (Å²) in [5.74, 6) is 1.16. The minimum atomic E-state index is 0.0966. The first kappa shape index (κ1) is 13.1. The molecule has 0 spiro atoms. The number of nitrogens with zero attached hydrogens (tertiary/aromatic N) is 3. The summed E-state index contributed by atoms with van der Waals surface area (Å²) >= 11 is 0. The normalized spacial score (nSPS) is 10.4. The fourth-order valence-electron chi connectivity index (χ4n) is 1.95. The van der Waals surface area contributed by atoms with Gasteiger partial charge in [0.1, 0.15) is 11.7 Å². The average molecular weight is 257 g/mol. The summed E-state index contributed by atoms with van der Waals surface area (Å²) in [7, 11) is 4.03. The minimum absolute atomic E-state index is 0.0966. The fraction of sp³-hybridized carbons (Fsp3) is 0.286. The van der Waals surface area contributed by atoms with E-state index >= 15 is 0 Å². The van der Waals surface area contributed by atoms with Crippen LogP contribution in [0.5, 0.6) is 0 Å². The maximum atomic E-state index is 7.46. The second-order valence-corrected chi connectivity index (χ2v) is 4.59. The molecular formula is C14H19N5. The number of imidazole rings is 1. The maximum absolute atomic E-state index is 7.46. The van der Waals surface area contributed by atoms with Crippen molar-refractivity contribution in [3.63, 3.8) is 0 Å². The number of hydrogen-bond donors (Lipinski definition) is 2. The van der Waals surface area contributed by atoms with Crippen molar-refractivity contribution in [3.8, 4) is 0 Å². The Balaban J connectivity index is 2.03. The SMILES string of the molecule is CN(CCc1nccn1C)c1cccc(C(=N)N)c1. The molecule has 0 bridgehead atoms. The van der Waals surface area contributed by atoms with Crippen molar-refractivity contribution < 1.29 is 0 Å². The van der Waals surface area contributed by atoms with Gasteiger partial charge in [-0.3, -0.25) is 5.41 Å². The standard InChI is InChI=1S/C14H19N5/c1-18(8-6-13-17-7-9-19(13)2)12-5-3-4-11(10-12)14(15)16/h3-5,7,9-10H,6,8H2,1-2H3,(H3,15,16). The van der Waals surface area contributed by atoms with Gasteiger partial charge < -0.3 is 15.2 Å². The molecule has 2 aromatic rings. The first-order chi connectivity index (χ1) is 9.08. The van der Waals surface area contributed by atoms with Crippen molar-refractivity contribution in [3.05, 3.63) is 48.0 Å². The van der Waals surface area contributed by atoms with E-state index in [2.05, 4.69) is 9.88 Å². The zero-order valence-corrected chi connectivity index (χ0v) is 11.3. The van der Waals surface area contributed by atoms with Gasteiger partial charge in [0, 0.05) is 50.7 Å². The topological polar surface area (TPSA) is 70.9 Å². The molecule has 0 unspecified atom stereocenters. The summed E-state index contributed by atoms with van der Waals surface area (Å²) in [4.78, 5) is 6.45. The van der Waals surface area contributed by atoms with Gasteiger partial charge in [-0.15, -0.1) is 0 Å². The smallest absolute Gasteiger partial charge is 0.122 e. The Hall–Kier alpha value is -2.30. The molecule has 0 atom stereocenters. The highest BCUT2D eigenvalue weighted by atomic mass is 15.1. The van der Waals surface area contributed by atoms with Crippen molar-refractivity contribution in [1.29, 1.82) is 5.41 Å². The van der Waals surface area contributed by atoms with E-state index in [4.69, 9.17) is 11.1 Å². The number of rotatable bonds is 5. The quantitative estimate of drug-likeness (QED) is 0.628. The van der Waals surface area contributed by atoms with Gasteiger partial charge in [-0.1, -0.05) is 12.1 Å². The molecule has 3 N–H and O–H groups in total. The second-order valence-electron chi connectivity index (χ2n) is 4.59. The Kier molecular flexibility index (Phi) is 3.85. The zero-order chi connectivity index (χ0) is 13.8. The number of nitrogens with two attached hydrogens (primary N) is 1. The maximum Gasteiger partial charge on any atom is 0.122 e. The summed E-state index contributed by atoms with van der Waals surface area (Å²) in [6, 6.07) is 7.72. The highest BCUT2D eigenvalue weighted by molar-refractivity contribution is 5.95. The van der Waals surface area contributed by atoms with Gasteiger partial charge in [0.25, 0.3) is 0 Å². The summed E-state index contributed by atoms with van der Waals surface area (Å²) in [5.41, 5.74) is 7.31. The molecule has 19 heavy (non-hydrogen) atoms. The van der Waals surface area contributed by atoms with E-state index in [0.29, 0.717) is 0 Å². The van der Waals surface area contributed by atoms with Gasteiger partial charge in [-0.05, 0) is 12.1 Å². The largest absolute Gasteiger partial charge is 0.384 e. The van der Waals surface area contributed by atoms with Crippen LogP contribution >= 0.6 is 0 Å². The Morgan fingerprint density at radius 2 is 2.26 bits per heavy atom. The molecule has 0 radical (unpaired) electrons. The number of nitrogens with one attached hydrogen (secondary N) is 1. The summed E-state index contributed by atoms with van der Waals surface area (Å²) in [5, 5.41) is 7.46. The molecule has 5 heteroatoms. The third-order valence-corrected chi connectivity index (χ3v) is 3.19. The number of aromatic nitrogens is 2. The lowest BCUT2D eigenvalue weighted by molar-refractivity contribution is 0.757. The van der Waals surface area contributed by atoms with Crippen molar-refractivity contribution in [2.24, 2.45) is 12.8 Å². The number of benzene rings is 1. The summed E-state index contributed by atoms with van der Waals surface area (Å²) < 4.78 is 2.03. The molecule has 1 heterocycles. The number of likely N-dealkylation sites (N-methyl/N-ethyl adjacent to an activating group) is 1. The van der Waals surface area contributed by atoms with Gasteiger partial charge in [0.05, 0.1) is 0 Å². The summed E-state index contributed by atoms with van der Waals surface area (Å²) in [6.45, 7) is 0.867. The lowest BCUT2D eigenvalue weighted by Crippen LogP contribution is -2.22. The van der Waals surface area contributed by atoms with Gasteiger partial charge in [-0.2, -0.15) is 0 Å². The third-order valence-electron chi connectivity index (χ3n) is 3.19. The molecule has 1 aromatic heterocycles. The van der Waals surface area contributed by atoms with Crippen LogP contribution in [-0.2, 0) is 13.5 Å². The minimum Gasteiger partial charge on any atom is -0.384 e. The first-order valence-electron chi connectivity index (χ1n) is 6.19. The van der Waals surface area contributed by atoms with Crippen molar-refractivity contribution in [2.75, 3.05) is 18.5 Å². The number of nitrogen functional groups attached to an aromatic ring is 1. The molecule has 2 rings (SSSR count). The summed E-state index contributed by atoms with van der Waals surface area (Å²) in [6.07, 6.45) is 4.64. The van der Waals surface area contributed by atoms with Crippen molar-refractivity contribution in [1.82, 2.24) is 9.55 Å². The number of anilines is 1. The van der Waals surface area contributed by atoms with Crippen molar-refractivity contribution >= 4 is 11.5 Å². The van der Waals surface area contributed by atoms with Gasteiger partial charge in [0.15, 0.2) is 0 Å². The van der Waals surface area contributed by atoms with Crippen LogP contribution in [0.2, 0.25) is 0 Å². The zero-order valence-electron chi connectivity index (χ0n) is 11.3. The highest BCUT2D eigenvalue weighted by Crippen LogP contribution is 2.15. The van der Waals surface area contributed by atoms with Crippen LogP contribution in [0.15, 0.2) is 36.7 Å². The Morgan fingerprint density at radius 3 is 2.89 bits per heavy atom. The van der Waals surface area contributed by atoms with E-state index in [1.54, 1.807) is 0 Å². The predicted molar refractivity (Wildman–Crippen MR) is 77.6 cm³/mol. The molecule has 0 aliphatic carbocycles. The lowest BCUT2D eigenvalue weighted by atomic mass is 10.1. The Morgan fingerprint density at radius 1 is 1.47 bits per heavy atom. The van der Waals surface area contributed by atoms with Crippen LogP contribution in [0, 0.1) is 5.41 Å². The van der Waals surface area contributed by atoms with E-state index < -0.39 is 0 Å². The molecular weight excluding hydrogens is 238 g/mol. The van der Waals surface area contributed by atoms with Crippen LogP contribution in [-0.4, -0.2) is 29.0 Å². The number of hydrogen-bond acceptors (Lipinski definition) is 3. The van der Waals surface area contributed by atoms with E-state index in [-0.39, 0.29) is 5.84 Å². The molecule has 5 nitrogen and oxygen atoms in total. The molecule has 0 amide bonds. The van der Waals surface area contributed by atoms with Crippen LogP contribution < -0.4 is 10.6 Å². The molecule has 0 fully saturated rings. The first-order valence-corrected chi connectivity index (χ1v) is 6.19. The molecule has 0 aliphatic rings. The van der Waals surface area contributed by atoms with E-state index in [1.807, 2.05) is 55.3 Å². The molecule has 0 saturated heterocycles. The van der Waals surface area contributed by atoms with Crippen LogP contribution in [0.1, 0.15) is 11.4 Å². The average Bonchev–Trinajstić information content (AvgIpc) is 2.81. The monoisotopic (exact) mass is 257 g/mol. The number of aryl methyl sites for hydroxylation is 1. The van der Waals surface area contributed by atoms with Gasteiger partial charge in [-0.25, -0.2) is 4.98 Å². The molecule has 1 aromatic carbocycles. The molecule has 0 aliphatic heterocycles. The van der Waals surface area contributed by atoms with Crippen LogP contribution in [0.4, 0.5) is 5.69 Å². The van der Waals surface area contributed by atoms with Gasteiger partial charge in [0.2, 0.25) is 0 Å². The molecule has 0 saturated carbocycles. The Bertz CT molecular complexity index is 573. The predicted octanol–water partition coefficient (Wildman–Crippen LogP) is 1.38. The van der Waals surface area contributed by atoms with E-state index in [0.717, 1.165) is 30.0 Å². The highest BCUT2D eigenvalue weighted by Gasteiger charge is 2.05. The van der Waals surface area contributed by atoms with E-state index in [1.165, 1.54) is 0 Å². The fourth-order valence-corrected chi connectivity index (χ4v) is 1.95. The second kappa shape index (κ2) is 5.56. The Labute approximate surface area is 113 Å².